The summed E-state index contributed by atoms with van der Waals surface area (Å²) in [4.78, 5) is 29.0. The van der Waals surface area contributed by atoms with Gasteiger partial charge in [-0.2, -0.15) is 0 Å². The summed E-state index contributed by atoms with van der Waals surface area (Å²) in [7, 11) is 5.14. The van der Waals surface area contributed by atoms with Gasteiger partial charge in [0.1, 0.15) is 0 Å². The lowest BCUT2D eigenvalue weighted by Crippen LogP contribution is -2.44. The average Bonchev–Trinajstić information content (AvgIpc) is 2.74. The first-order valence-corrected chi connectivity index (χ1v) is 9.38. The average molecular weight is 398 g/mol. The molecule has 8 heteroatoms. The van der Waals surface area contributed by atoms with Gasteiger partial charge in [0.2, 0.25) is 0 Å². The van der Waals surface area contributed by atoms with E-state index < -0.39 is 11.8 Å². The molecular weight excluding hydrogens is 372 g/mol. The van der Waals surface area contributed by atoms with Crippen molar-refractivity contribution >= 4 is 28.9 Å². The summed E-state index contributed by atoms with van der Waals surface area (Å²) in [6, 6.07) is 12.4. The number of rotatable bonds is 5. The zero-order chi connectivity index (χ0) is 20.8. The quantitative estimate of drug-likeness (QED) is 0.750. The number of likely N-dealkylation sites (N-methyl/N-ethyl adjacent to an activating group) is 1. The highest BCUT2D eigenvalue weighted by atomic mass is 16.5. The van der Waals surface area contributed by atoms with E-state index in [4.69, 9.17) is 9.47 Å². The van der Waals surface area contributed by atoms with Gasteiger partial charge >= 0.3 is 11.8 Å². The number of nitrogens with zero attached hydrogens (tertiary/aromatic N) is 2. The van der Waals surface area contributed by atoms with Gasteiger partial charge in [-0.1, -0.05) is 0 Å². The van der Waals surface area contributed by atoms with Crippen LogP contribution in [0.25, 0.3) is 0 Å². The number of benzene rings is 2. The molecule has 1 fully saturated rings. The molecule has 1 aliphatic rings. The summed E-state index contributed by atoms with van der Waals surface area (Å²) in [5.41, 5.74) is 2.11. The minimum absolute atomic E-state index is 0.438. The Hall–Kier alpha value is -3.26. The van der Waals surface area contributed by atoms with E-state index in [1.54, 1.807) is 30.3 Å². The summed E-state index contributed by atoms with van der Waals surface area (Å²) in [5, 5.41) is 5.17. The van der Waals surface area contributed by atoms with E-state index in [2.05, 4.69) is 27.5 Å². The van der Waals surface area contributed by atoms with E-state index in [0.717, 1.165) is 31.9 Å². The van der Waals surface area contributed by atoms with Crippen LogP contribution in [0.1, 0.15) is 0 Å². The van der Waals surface area contributed by atoms with E-state index in [1.807, 2.05) is 12.1 Å². The molecule has 2 aromatic carbocycles. The van der Waals surface area contributed by atoms with E-state index in [0.29, 0.717) is 22.9 Å². The Morgan fingerprint density at radius 2 is 1.34 bits per heavy atom. The molecule has 3 rings (SSSR count). The molecule has 29 heavy (non-hydrogen) atoms. The van der Waals surface area contributed by atoms with Crippen LogP contribution in [0.5, 0.6) is 11.5 Å². The third-order valence-corrected chi connectivity index (χ3v) is 4.84. The zero-order valence-electron chi connectivity index (χ0n) is 16.9. The molecule has 8 nitrogen and oxygen atoms in total. The Bertz CT molecular complexity index is 861. The molecule has 2 amide bonds. The minimum atomic E-state index is -0.764. The molecule has 154 valence electrons. The normalized spacial score (nSPS) is 14.2. The number of methoxy groups -OCH3 is 2. The smallest absolute Gasteiger partial charge is 0.314 e. The summed E-state index contributed by atoms with van der Waals surface area (Å²) in [5.74, 6) is -0.506. The molecule has 1 aliphatic heterocycles. The van der Waals surface area contributed by atoms with E-state index in [9.17, 15) is 9.59 Å². The number of amides is 2. The van der Waals surface area contributed by atoms with Crippen molar-refractivity contribution in [3.8, 4) is 11.5 Å². The number of nitrogens with one attached hydrogen (secondary N) is 2. The molecule has 2 aromatic rings. The van der Waals surface area contributed by atoms with Gasteiger partial charge in [0, 0.05) is 49.3 Å². The number of carbonyl (C=O) groups excluding carboxylic acids is 2. The van der Waals surface area contributed by atoms with Gasteiger partial charge in [-0.15, -0.1) is 0 Å². The van der Waals surface area contributed by atoms with Crippen molar-refractivity contribution in [2.45, 2.75) is 0 Å². The van der Waals surface area contributed by atoms with Crippen molar-refractivity contribution in [1.82, 2.24) is 4.90 Å². The van der Waals surface area contributed by atoms with Crippen molar-refractivity contribution in [2.75, 3.05) is 63.0 Å². The lowest BCUT2D eigenvalue weighted by Gasteiger charge is -2.34. The Balaban J connectivity index is 1.57. The highest BCUT2D eigenvalue weighted by molar-refractivity contribution is 6.43. The molecule has 0 aliphatic carbocycles. The van der Waals surface area contributed by atoms with Crippen LogP contribution < -0.4 is 25.0 Å². The largest absolute Gasteiger partial charge is 0.493 e. The standard InChI is InChI=1S/C21H26N4O4/c1-24-10-12-25(13-11-24)17-7-4-15(5-8-17)22-20(26)21(27)23-16-6-9-18(28-2)19(14-16)29-3/h4-9,14H,10-13H2,1-3H3,(H,22,26)(H,23,27). The SMILES string of the molecule is COc1ccc(NC(=O)C(=O)Nc2ccc(N3CCN(C)CC3)cc2)cc1OC. The predicted molar refractivity (Wildman–Crippen MR) is 113 cm³/mol. The molecule has 1 saturated heterocycles. The van der Waals surface area contributed by atoms with Crippen LogP contribution in [0.3, 0.4) is 0 Å². The van der Waals surface area contributed by atoms with Crippen molar-refractivity contribution in [3.63, 3.8) is 0 Å². The minimum Gasteiger partial charge on any atom is -0.493 e. The molecule has 0 spiro atoms. The topological polar surface area (TPSA) is 83.1 Å². The number of anilines is 3. The van der Waals surface area contributed by atoms with Crippen molar-refractivity contribution in [3.05, 3.63) is 42.5 Å². The summed E-state index contributed by atoms with van der Waals surface area (Å²) < 4.78 is 10.4. The van der Waals surface area contributed by atoms with Crippen molar-refractivity contribution in [1.29, 1.82) is 0 Å². The molecule has 0 unspecified atom stereocenters. The maximum absolute atomic E-state index is 12.2. The maximum atomic E-state index is 12.2. The first-order valence-electron chi connectivity index (χ1n) is 9.38. The first-order chi connectivity index (χ1) is 14.0. The first kappa shape index (κ1) is 20.5. The summed E-state index contributed by atoms with van der Waals surface area (Å²) >= 11 is 0. The third kappa shape index (κ3) is 5.17. The zero-order valence-corrected chi connectivity index (χ0v) is 16.9. The highest BCUT2D eigenvalue weighted by Crippen LogP contribution is 2.29. The van der Waals surface area contributed by atoms with Crippen LogP contribution in [0, 0.1) is 0 Å². The number of carbonyl (C=O) groups is 2. The number of hydrogen-bond acceptors (Lipinski definition) is 6. The molecule has 0 aromatic heterocycles. The van der Waals surface area contributed by atoms with Crippen molar-refractivity contribution in [2.24, 2.45) is 0 Å². The molecule has 0 bridgehead atoms. The van der Waals surface area contributed by atoms with Crippen LogP contribution in [-0.2, 0) is 9.59 Å². The molecular formula is C21H26N4O4. The van der Waals surface area contributed by atoms with Gasteiger partial charge < -0.3 is 29.9 Å². The number of ether oxygens (including phenoxy) is 2. The number of piperazine rings is 1. The summed E-state index contributed by atoms with van der Waals surface area (Å²) in [6.07, 6.45) is 0. The Morgan fingerprint density at radius 1 is 0.793 bits per heavy atom. The van der Waals surface area contributed by atoms with Crippen LogP contribution in [0.15, 0.2) is 42.5 Å². The Morgan fingerprint density at radius 3 is 1.93 bits per heavy atom. The lowest BCUT2D eigenvalue weighted by molar-refractivity contribution is -0.132. The maximum Gasteiger partial charge on any atom is 0.314 e. The second-order valence-corrected chi connectivity index (χ2v) is 6.82. The Labute approximate surface area is 170 Å². The molecule has 2 N–H and O–H groups in total. The van der Waals surface area contributed by atoms with E-state index in [-0.39, 0.29) is 0 Å². The van der Waals surface area contributed by atoms with Crippen LogP contribution >= 0.6 is 0 Å². The van der Waals surface area contributed by atoms with Gasteiger partial charge in [0.25, 0.3) is 0 Å². The monoisotopic (exact) mass is 398 g/mol. The number of hydrogen-bond donors (Lipinski definition) is 2. The van der Waals surface area contributed by atoms with Crippen LogP contribution in [0.2, 0.25) is 0 Å². The van der Waals surface area contributed by atoms with E-state index in [1.165, 1.54) is 14.2 Å². The predicted octanol–water partition coefficient (Wildman–Crippen LogP) is 2.03. The molecule has 0 saturated carbocycles. The van der Waals surface area contributed by atoms with Gasteiger partial charge in [-0.3, -0.25) is 9.59 Å². The fourth-order valence-corrected chi connectivity index (χ4v) is 3.11. The van der Waals surface area contributed by atoms with Gasteiger partial charge in [0.15, 0.2) is 11.5 Å². The third-order valence-electron chi connectivity index (χ3n) is 4.84. The van der Waals surface area contributed by atoms with Crippen LogP contribution in [0.4, 0.5) is 17.1 Å². The second kappa shape index (κ2) is 9.29. The fraction of sp³-hybridized carbons (Fsp3) is 0.333. The lowest BCUT2D eigenvalue weighted by atomic mass is 10.2. The molecule has 0 radical (unpaired) electrons. The Kier molecular flexibility index (Phi) is 6.56. The second-order valence-electron chi connectivity index (χ2n) is 6.82. The van der Waals surface area contributed by atoms with Gasteiger partial charge in [0.05, 0.1) is 14.2 Å². The van der Waals surface area contributed by atoms with Gasteiger partial charge in [-0.25, -0.2) is 0 Å². The van der Waals surface area contributed by atoms with E-state index >= 15 is 0 Å². The fourth-order valence-electron chi connectivity index (χ4n) is 3.11. The molecule has 0 atom stereocenters. The van der Waals surface area contributed by atoms with Gasteiger partial charge in [-0.05, 0) is 43.4 Å². The summed E-state index contributed by atoms with van der Waals surface area (Å²) in [6.45, 7) is 3.98. The van der Waals surface area contributed by atoms with Crippen molar-refractivity contribution < 1.29 is 19.1 Å². The molecule has 1 heterocycles. The highest BCUT2D eigenvalue weighted by Gasteiger charge is 2.17. The van der Waals surface area contributed by atoms with Crippen LogP contribution in [-0.4, -0.2) is 64.2 Å².